The topological polar surface area (TPSA) is 61.5 Å². The van der Waals surface area contributed by atoms with Gasteiger partial charge in [-0.1, -0.05) is 24.3 Å². The molecule has 6 nitrogen and oxygen atoms in total. The quantitative estimate of drug-likeness (QED) is 0.739. The van der Waals surface area contributed by atoms with E-state index in [0.717, 1.165) is 49.0 Å². The molecule has 0 bridgehead atoms. The number of anilines is 1. The summed E-state index contributed by atoms with van der Waals surface area (Å²) >= 11 is 0. The van der Waals surface area contributed by atoms with Crippen LogP contribution in [-0.4, -0.2) is 47.7 Å². The van der Waals surface area contributed by atoms with E-state index in [1.165, 1.54) is 0 Å². The van der Waals surface area contributed by atoms with Crippen LogP contribution in [0.1, 0.15) is 25.7 Å². The van der Waals surface area contributed by atoms with Crippen molar-refractivity contribution in [1.29, 1.82) is 0 Å². The molecule has 0 amide bonds. The second kappa shape index (κ2) is 8.02. The molecule has 1 N–H and O–H groups in total. The van der Waals surface area contributed by atoms with Gasteiger partial charge in [0, 0.05) is 26.2 Å². The molecule has 0 unspecified atom stereocenters. The third-order valence-corrected chi connectivity index (χ3v) is 5.39. The van der Waals surface area contributed by atoms with Crippen LogP contribution in [0.2, 0.25) is 0 Å². The summed E-state index contributed by atoms with van der Waals surface area (Å²) in [5, 5.41) is 0.635. The van der Waals surface area contributed by atoms with Crippen LogP contribution in [0.4, 0.5) is 5.69 Å². The number of rotatable bonds is 5. The zero-order valence-electron chi connectivity index (χ0n) is 16.4. The maximum absolute atomic E-state index is 12.4. The molecule has 1 atom stereocenters. The van der Waals surface area contributed by atoms with Gasteiger partial charge in [0.15, 0.2) is 0 Å². The van der Waals surface area contributed by atoms with Crippen LogP contribution in [0.3, 0.4) is 0 Å². The molecule has 146 valence electrons. The van der Waals surface area contributed by atoms with Gasteiger partial charge in [-0.2, -0.15) is 0 Å². The highest BCUT2D eigenvalue weighted by atomic mass is 16.5. The number of hydrogen-bond acceptors (Lipinski definition) is 5. The molecule has 2 aromatic carbocycles. The SMILES string of the molecule is CCOc1ccccc1N1CCN([C@H](C)c2nc3ccccc3c(=O)[nH]2)CC1. The van der Waals surface area contributed by atoms with Crippen molar-refractivity contribution in [1.82, 2.24) is 14.9 Å². The summed E-state index contributed by atoms with van der Waals surface area (Å²) in [5.74, 6) is 1.67. The summed E-state index contributed by atoms with van der Waals surface area (Å²) in [4.78, 5) is 24.8. The fourth-order valence-corrected chi connectivity index (χ4v) is 3.82. The summed E-state index contributed by atoms with van der Waals surface area (Å²) in [7, 11) is 0. The molecule has 28 heavy (non-hydrogen) atoms. The van der Waals surface area contributed by atoms with E-state index < -0.39 is 0 Å². The number of nitrogens with one attached hydrogen (secondary N) is 1. The fraction of sp³-hybridized carbons (Fsp3) is 0.364. The first-order valence-electron chi connectivity index (χ1n) is 9.87. The summed E-state index contributed by atoms with van der Waals surface area (Å²) in [6.45, 7) is 8.40. The molecular formula is C22H26N4O2. The third kappa shape index (κ3) is 3.60. The third-order valence-electron chi connectivity index (χ3n) is 5.39. The van der Waals surface area contributed by atoms with E-state index in [1.54, 1.807) is 0 Å². The zero-order valence-corrected chi connectivity index (χ0v) is 16.4. The molecule has 6 heteroatoms. The van der Waals surface area contributed by atoms with E-state index in [9.17, 15) is 4.79 Å². The first kappa shape index (κ1) is 18.5. The van der Waals surface area contributed by atoms with E-state index in [4.69, 9.17) is 9.72 Å². The lowest BCUT2D eigenvalue weighted by molar-refractivity contribution is 0.191. The summed E-state index contributed by atoms with van der Waals surface area (Å²) < 4.78 is 5.78. The number of para-hydroxylation sites is 3. The lowest BCUT2D eigenvalue weighted by atomic mass is 10.1. The van der Waals surface area contributed by atoms with Crippen LogP contribution in [0.5, 0.6) is 5.75 Å². The van der Waals surface area contributed by atoms with E-state index in [0.29, 0.717) is 12.0 Å². The molecule has 1 fully saturated rings. The number of aromatic amines is 1. The summed E-state index contributed by atoms with van der Waals surface area (Å²) in [6, 6.07) is 15.7. The number of nitrogens with zero attached hydrogens (tertiary/aromatic N) is 3. The van der Waals surface area contributed by atoms with Gasteiger partial charge in [-0.25, -0.2) is 4.98 Å². The Bertz CT molecular complexity index is 1010. The first-order valence-corrected chi connectivity index (χ1v) is 9.87. The van der Waals surface area contributed by atoms with Crippen LogP contribution in [-0.2, 0) is 0 Å². The number of ether oxygens (including phenoxy) is 1. The van der Waals surface area contributed by atoms with E-state index in [-0.39, 0.29) is 11.6 Å². The predicted octanol–water partition coefficient (Wildman–Crippen LogP) is 3.21. The van der Waals surface area contributed by atoms with Gasteiger partial charge in [0.05, 0.1) is 29.2 Å². The highest BCUT2D eigenvalue weighted by molar-refractivity contribution is 5.77. The Morgan fingerprint density at radius 1 is 1.07 bits per heavy atom. The van der Waals surface area contributed by atoms with Crippen molar-refractivity contribution in [3.05, 3.63) is 64.7 Å². The van der Waals surface area contributed by atoms with E-state index >= 15 is 0 Å². The number of piperazine rings is 1. The molecule has 1 aliphatic rings. The van der Waals surface area contributed by atoms with Crippen LogP contribution < -0.4 is 15.2 Å². The fourth-order valence-electron chi connectivity index (χ4n) is 3.82. The van der Waals surface area contributed by atoms with Crippen molar-refractivity contribution in [3.8, 4) is 5.75 Å². The highest BCUT2D eigenvalue weighted by Crippen LogP contribution is 2.30. The van der Waals surface area contributed by atoms with Crippen molar-refractivity contribution in [2.45, 2.75) is 19.9 Å². The maximum atomic E-state index is 12.4. The number of fused-ring (bicyclic) bond motifs is 1. The van der Waals surface area contributed by atoms with Gasteiger partial charge in [-0.3, -0.25) is 9.69 Å². The minimum absolute atomic E-state index is 0.0570. The van der Waals surface area contributed by atoms with Crippen LogP contribution in [0, 0.1) is 0 Å². The normalized spacial score (nSPS) is 16.3. The van der Waals surface area contributed by atoms with Gasteiger partial charge in [-0.15, -0.1) is 0 Å². The molecule has 1 saturated heterocycles. The van der Waals surface area contributed by atoms with Gasteiger partial charge >= 0.3 is 0 Å². The van der Waals surface area contributed by atoms with Gasteiger partial charge in [-0.05, 0) is 38.1 Å². The Hall–Kier alpha value is -2.86. The number of hydrogen-bond donors (Lipinski definition) is 1. The van der Waals surface area contributed by atoms with Crippen molar-refractivity contribution >= 4 is 16.6 Å². The number of benzene rings is 2. The van der Waals surface area contributed by atoms with Crippen molar-refractivity contribution < 1.29 is 4.74 Å². The van der Waals surface area contributed by atoms with Crippen LogP contribution in [0.15, 0.2) is 53.3 Å². The van der Waals surface area contributed by atoms with Crippen molar-refractivity contribution in [2.75, 3.05) is 37.7 Å². The van der Waals surface area contributed by atoms with Gasteiger partial charge in [0.1, 0.15) is 11.6 Å². The molecule has 3 aromatic rings. The Kier molecular flexibility index (Phi) is 5.30. The summed E-state index contributed by atoms with van der Waals surface area (Å²) in [6.07, 6.45) is 0. The second-order valence-electron chi connectivity index (χ2n) is 7.07. The minimum Gasteiger partial charge on any atom is -0.492 e. The molecule has 2 heterocycles. The summed E-state index contributed by atoms with van der Waals surface area (Å²) in [5.41, 5.74) is 1.82. The van der Waals surface area contributed by atoms with Crippen LogP contribution in [0.25, 0.3) is 10.9 Å². The Morgan fingerprint density at radius 3 is 2.57 bits per heavy atom. The van der Waals surface area contributed by atoms with Crippen molar-refractivity contribution in [3.63, 3.8) is 0 Å². The first-order chi connectivity index (χ1) is 13.7. The van der Waals surface area contributed by atoms with E-state index in [2.05, 4.69) is 33.8 Å². The Morgan fingerprint density at radius 2 is 1.79 bits per heavy atom. The Balaban J connectivity index is 1.49. The average molecular weight is 378 g/mol. The predicted molar refractivity (Wildman–Crippen MR) is 112 cm³/mol. The van der Waals surface area contributed by atoms with Crippen molar-refractivity contribution in [2.24, 2.45) is 0 Å². The van der Waals surface area contributed by atoms with Gasteiger partial charge < -0.3 is 14.6 Å². The second-order valence-corrected chi connectivity index (χ2v) is 7.07. The molecule has 1 aliphatic heterocycles. The number of aromatic nitrogens is 2. The average Bonchev–Trinajstić information content (AvgIpc) is 2.74. The molecular weight excluding hydrogens is 352 g/mol. The smallest absolute Gasteiger partial charge is 0.258 e. The minimum atomic E-state index is -0.0725. The monoisotopic (exact) mass is 378 g/mol. The highest BCUT2D eigenvalue weighted by Gasteiger charge is 2.25. The lowest BCUT2D eigenvalue weighted by Gasteiger charge is -2.39. The molecule has 4 rings (SSSR count). The van der Waals surface area contributed by atoms with Gasteiger partial charge in [0.2, 0.25) is 0 Å². The zero-order chi connectivity index (χ0) is 19.5. The lowest BCUT2D eigenvalue weighted by Crippen LogP contribution is -2.47. The number of H-pyrrole nitrogens is 1. The molecule has 0 spiro atoms. The van der Waals surface area contributed by atoms with Gasteiger partial charge in [0.25, 0.3) is 5.56 Å². The van der Waals surface area contributed by atoms with E-state index in [1.807, 2.05) is 43.3 Å². The molecule has 0 radical (unpaired) electrons. The molecule has 1 aromatic heterocycles. The maximum Gasteiger partial charge on any atom is 0.258 e. The standard InChI is InChI=1S/C22H26N4O2/c1-3-28-20-11-7-6-10-19(20)26-14-12-25(13-15-26)16(2)21-23-18-9-5-4-8-17(18)22(27)24-21/h4-11,16H,3,12-15H2,1-2H3,(H,23,24,27)/t16-/m1/s1. The largest absolute Gasteiger partial charge is 0.492 e. The Labute approximate surface area is 164 Å². The van der Waals surface area contributed by atoms with Crippen LogP contribution >= 0.6 is 0 Å². The molecule has 0 saturated carbocycles. The molecule has 0 aliphatic carbocycles.